The van der Waals surface area contributed by atoms with Crippen LogP contribution in [0.4, 0.5) is 0 Å². The van der Waals surface area contributed by atoms with Crippen molar-refractivity contribution in [2.24, 2.45) is 0 Å². The van der Waals surface area contributed by atoms with Gasteiger partial charge >= 0.3 is 10.4 Å². The summed E-state index contributed by atoms with van der Waals surface area (Å²) in [5.74, 6) is -0.717. The normalized spacial score (nSPS) is 11.5. The van der Waals surface area contributed by atoms with Gasteiger partial charge in [-0.05, 0) is 34.0 Å². The minimum atomic E-state index is -4.20. The van der Waals surface area contributed by atoms with Gasteiger partial charge < -0.3 is 4.90 Å². The minimum absolute atomic E-state index is 0.0105. The zero-order chi connectivity index (χ0) is 13.5. The molecule has 7 nitrogen and oxygen atoms in total. The van der Waals surface area contributed by atoms with Gasteiger partial charge in [-0.1, -0.05) is 6.58 Å². The summed E-state index contributed by atoms with van der Waals surface area (Å²) < 4.78 is 30.8. The van der Waals surface area contributed by atoms with E-state index >= 15 is 0 Å². The van der Waals surface area contributed by atoms with Crippen molar-refractivity contribution in [3.63, 3.8) is 0 Å². The van der Waals surface area contributed by atoms with Gasteiger partial charge in [0.25, 0.3) is 5.91 Å². The fraction of sp³-hybridized carbons (Fsp3) is 0.667. The van der Waals surface area contributed by atoms with E-state index < -0.39 is 16.3 Å². The molecular formula is C9H18N2O5S. The van der Waals surface area contributed by atoms with E-state index in [0.717, 1.165) is 0 Å². The number of hydrogen-bond acceptors (Lipinski definition) is 6. The van der Waals surface area contributed by atoms with Gasteiger partial charge in [0.2, 0.25) is 0 Å². The lowest BCUT2D eigenvalue weighted by Gasteiger charge is -2.09. The van der Waals surface area contributed by atoms with Crippen LogP contribution in [0, 0.1) is 0 Å². The van der Waals surface area contributed by atoms with Gasteiger partial charge in [0.05, 0.1) is 6.61 Å². The van der Waals surface area contributed by atoms with Crippen molar-refractivity contribution < 1.29 is 21.7 Å². The molecule has 0 rings (SSSR count). The van der Waals surface area contributed by atoms with Crippen molar-refractivity contribution in [3.05, 3.63) is 12.2 Å². The second-order valence-corrected chi connectivity index (χ2v) is 4.90. The molecule has 0 aliphatic carbocycles. The van der Waals surface area contributed by atoms with Crippen LogP contribution in [0.25, 0.3) is 0 Å². The fourth-order valence-corrected chi connectivity index (χ4v) is 1.29. The Morgan fingerprint density at radius 3 is 2.47 bits per heavy atom. The Bertz CT molecular complexity index is 364. The van der Waals surface area contributed by atoms with E-state index in [2.05, 4.69) is 15.0 Å². The van der Waals surface area contributed by atoms with E-state index in [1.165, 1.54) is 6.92 Å². The molecule has 0 atom stereocenters. The highest BCUT2D eigenvalue weighted by Gasteiger charge is 2.14. The standard InChI is InChI=1S/C9H18N2O5S/c1-8(2)9(12)10-16-17(13,14)15-7-5-6-11(3)4/h1,5-7H2,2-4H3,(H,10,12). The highest BCUT2D eigenvalue weighted by molar-refractivity contribution is 7.81. The second kappa shape index (κ2) is 7.38. The Kier molecular flexibility index (Phi) is 6.97. The maximum absolute atomic E-state index is 11.1. The van der Waals surface area contributed by atoms with Crippen LogP contribution in [0.1, 0.15) is 13.3 Å². The predicted octanol–water partition coefficient (Wildman–Crippen LogP) is -0.177. The Labute approximate surface area is 102 Å². The fourth-order valence-electron chi connectivity index (χ4n) is 0.742. The van der Waals surface area contributed by atoms with E-state index in [0.29, 0.717) is 13.0 Å². The average molecular weight is 266 g/mol. The van der Waals surface area contributed by atoms with Crippen molar-refractivity contribution in [1.29, 1.82) is 0 Å². The Balaban J connectivity index is 3.89. The molecule has 0 spiro atoms. The summed E-state index contributed by atoms with van der Waals surface area (Å²) in [6.45, 7) is 5.41. The molecular weight excluding hydrogens is 248 g/mol. The highest BCUT2D eigenvalue weighted by Crippen LogP contribution is 1.97. The first-order valence-electron chi connectivity index (χ1n) is 4.93. The van der Waals surface area contributed by atoms with Crippen molar-refractivity contribution >= 4 is 16.3 Å². The number of carbonyl (C=O) groups is 1. The second-order valence-electron chi connectivity index (χ2n) is 3.68. The number of hydroxylamine groups is 1. The summed E-state index contributed by atoms with van der Waals surface area (Å²) in [6, 6.07) is 0. The molecule has 8 heteroatoms. The van der Waals surface area contributed by atoms with E-state index in [4.69, 9.17) is 0 Å². The molecule has 0 radical (unpaired) electrons. The number of amides is 1. The van der Waals surface area contributed by atoms with Gasteiger partial charge in [-0.2, -0.15) is 8.42 Å². The molecule has 0 aliphatic heterocycles. The smallest absolute Gasteiger partial charge is 0.309 e. The van der Waals surface area contributed by atoms with Crippen LogP contribution < -0.4 is 5.48 Å². The van der Waals surface area contributed by atoms with Crippen LogP contribution in [0.5, 0.6) is 0 Å². The molecule has 17 heavy (non-hydrogen) atoms. The van der Waals surface area contributed by atoms with Gasteiger partial charge in [-0.3, -0.25) is 4.79 Å². The molecule has 0 bridgehead atoms. The topological polar surface area (TPSA) is 84.9 Å². The van der Waals surface area contributed by atoms with Gasteiger partial charge in [-0.15, -0.1) is 4.28 Å². The van der Waals surface area contributed by atoms with Gasteiger partial charge in [0.15, 0.2) is 0 Å². The van der Waals surface area contributed by atoms with E-state index in [9.17, 15) is 13.2 Å². The number of carbonyl (C=O) groups excluding carboxylic acids is 1. The van der Waals surface area contributed by atoms with E-state index in [1.807, 2.05) is 19.0 Å². The Hall–Kier alpha value is -0.960. The molecule has 0 aliphatic rings. The molecule has 1 N–H and O–H groups in total. The molecule has 0 aromatic heterocycles. The largest absolute Gasteiger partial charge is 0.420 e. The van der Waals surface area contributed by atoms with Crippen molar-refractivity contribution in [1.82, 2.24) is 10.4 Å². The lowest BCUT2D eigenvalue weighted by Crippen LogP contribution is -2.28. The van der Waals surface area contributed by atoms with Gasteiger partial charge in [0, 0.05) is 5.57 Å². The van der Waals surface area contributed by atoms with E-state index in [1.54, 1.807) is 5.48 Å². The SMILES string of the molecule is C=C(C)C(=O)NOS(=O)(=O)OCCCN(C)C. The van der Waals surface area contributed by atoms with Crippen LogP contribution in [-0.2, 0) is 23.7 Å². The quantitative estimate of drug-likeness (QED) is 0.373. The minimum Gasteiger partial charge on any atom is -0.309 e. The van der Waals surface area contributed by atoms with Crippen LogP contribution in [-0.4, -0.2) is 46.5 Å². The van der Waals surface area contributed by atoms with Crippen molar-refractivity contribution in [3.8, 4) is 0 Å². The predicted molar refractivity (Wildman–Crippen MR) is 62.1 cm³/mol. The first-order chi connectivity index (χ1) is 7.74. The highest BCUT2D eigenvalue weighted by atomic mass is 32.3. The van der Waals surface area contributed by atoms with Gasteiger partial charge in [0.1, 0.15) is 0 Å². The van der Waals surface area contributed by atoms with Gasteiger partial charge in [-0.25, -0.2) is 9.66 Å². The summed E-state index contributed by atoms with van der Waals surface area (Å²) in [6.07, 6.45) is 0.532. The monoisotopic (exact) mass is 266 g/mol. The summed E-state index contributed by atoms with van der Waals surface area (Å²) in [7, 11) is -0.481. The molecule has 0 saturated heterocycles. The average Bonchev–Trinajstić information content (AvgIpc) is 2.21. The third-order valence-electron chi connectivity index (χ3n) is 1.60. The molecule has 1 amide bonds. The number of nitrogens with one attached hydrogen (secondary N) is 1. The molecule has 0 heterocycles. The maximum atomic E-state index is 11.1. The maximum Gasteiger partial charge on any atom is 0.420 e. The molecule has 0 aromatic carbocycles. The molecule has 0 unspecified atom stereocenters. The molecule has 0 fully saturated rings. The third kappa shape index (κ3) is 8.81. The lowest BCUT2D eigenvalue weighted by molar-refractivity contribution is -0.124. The molecule has 0 aromatic rings. The summed E-state index contributed by atoms with van der Waals surface area (Å²) >= 11 is 0. The van der Waals surface area contributed by atoms with Crippen LogP contribution >= 0.6 is 0 Å². The number of rotatable bonds is 8. The Morgan fingerprint density at radius 2 is 2.00 bits per heavy atom. The Morgan fingerprint density at radius 1 is 1.41 bits per heavy atom. The lowest BCUT2D eigenvalue weighted by atomic mass is 10.3. The molecule has 0 saturated carbocycles. The zero-order valence-corrected chi connectivity index (χ0v) is 11.0. The summed E-state index contributed by atoms with van der Waals surface area (Å²) in [5, 5.41) is 0. The van der Waals surface area contributed by atoms with Crippen molar-refractivity contribution in [2.45, 2.75) is 13.3 Å². The van der Waals surface area contributed by atoms with Crippen LogP contribution in [0.3, 0.4) is 0 Å². The first-order valence-corrected chi connectivity index (χ1v) is 6.26. The summed E-state index contributed by atoms with van der Waals surface area (Å²) in [4.78, 5) is 12.8. The molecule has 100 valence electrons. The zero-order valence-electron chi connectivity index (χ0n) is 10.2. The van der Waals surface area contributed by atoms with E-state index in [-0.39, 0.29) is 12.2 Å². The van der Waals surface area contributed by atoms with Crippen LogP contribution in [0.15, 0.2) is 12.2 Å². The number of hydrogen-bond donors (Lipinski definition) is 1. The van der Waals surface area contributed by atoms with Crippen molar-refractivity contribution in [2.75, 3.05) is 27.2 Å². The van der Waals surface area contributed by atoms with Crippen LogP contribution in [0.2, 0.25) is 0 Å². The first kappa shape index (κ1) is 16.0. The summed E-state index contributed by atoms with van der Waals surface area (Å²) in [5.41, 5.74) is 1.84. The number of nitrogens with zero attached hydrogens (tertiary/aromatic N) is 1. The third-order valence-corrected chi connectivity index (χ3v) is 2.34.